The molecule has 1 unspecified atom stereocenters. The van der Waals surface area contributed by atoms with Crippen molar-refractivity contribution in [3.8, 4) is 0 Å². The molecular formula is C8H20O6Ti. The van der Waals surface area contributed by atoms with E-state index >= 15 is 0 Å². The molecule has 0 saturated heterocycles. The first-order valence-electron chi connectivity index (χ1n) is 4.57. The maximum absolute atomic E-state index is 9.12. The van der Waals surface area contributed by atoms with E-state index in [0.717, 1.165) is 12.8 Å². The van der Waals surface area contributed by atoms with Crippen LogP contribution < -0.4 is 0 Å². The fourth-order valence-electron chi connectivity index (χ4n) is 0.704. The predicted octanol–water partition coefficient (Wildman–Crippen LogP) is -0.881. The summed E-state index contributed by atoms with van der Waals surface area (Å²) in [5.41, 5.74) is 0. The van der Waals surface area contributed by atoms with Crippen LogP contribution in [-0.4, -0.2) is 39.2 Å². The molecular weight excluding hydrogens is 240 g/mol. The number of aliphatic hydroxyl groups excluding tert-OH is 1. The van der Waals surface area contributed by atoms with Crippen LogP contribution in [0.2, 0.25) is 0 Å². The average molecular weight is 260 g/mol. The standard InChI is InChI=1S/C8H16O2.4H2O.Ti/c1-3-5-8(9)7-10-6-4-2;;;;;/h4,8-9H,2-3,5-7H2,1H3;4*1H2;/q;;;;;+4/p-4. The first kappa shape index (κ1) is 17.6. The van der Waals surface area contributed by atoms with Crippen LogP contribution >= 0.6 is 0 Å². The number of hydrogen-bond acceptors (Lipinski definition) is 6. The van der Waals surface area contributed by atoms with E-state index < -0.39 is 18.1 Å². The summed E-state index contributed by atoms with van der Waals surface area (Å²) >= 11 is -5.00. The molecule has 0 aromatic carbocycles. The number of hydrogen-bond donors (Lipinski definition) is 5. The molecule has 0 fully saturated rings. The van der Waals surface area contributed by atoms with E-state index in [-0.39, 0.29) is 6.10 Å². The van der Waals surface area contributed by atoms with E-state index in [1.165, 1.54) is 0 Å². The average Bonchev–Trinajstić information content (AvgIpc) is 2.02. The SMILES string of the molecule is C=CCOCC(O)CCC.[OH][Ti]([OH])([OH])[OH]. The molecule has 7 heteroatoms. The van der Waals surface area contributed by atoms with E-state index in [9.17, 15) is 0 Å². The maximum atomic E-state index is 9.12. The Morgan fingerprint density at radius 3 is 2.13 bits per heavy atom. The third-order valence-corrected chi connectivity index (χ3v) is 1.17. The molecule has 5 N–H and O–H groups in total. The van der Waals surface area contributed by atoms with Gasteiger partial charge in [0.15, 0.2) is 0 Å². The molecule has 6 nitrogen and oxygen atoms in total. The third kappa shape index (κ3) is 31.4. The number of ether oxygens (including phenoxy) is 1. The normalized spacial score (nSPS) is 12.7. The van der Waals surface area contributed by atoms with Gasteiger partial charge >= 0.3 is 32.9 Å². The van der Waals surface area contributed by atoms with Gasteiger partial charge in [0.25, 0.3) is 0 Å². The summed E-state index contributed by atoms with van der Waals surface area (Å²) < 4.78 is 34.5. The zero-order chi connectivity index (χ0) is 12.3. The van der Waals surface area contributed by atoms with Gasteiger partial charge in [-0.25, -0.2) is 0 Å². The molecule has 0 aliphatic carbocycles. The van der Waals surface area contributed by atoms with Crippen molar-refractivity contribution in [3.63, 3.8) is 0 Å². The minimum atomic E-state index is -5.00. The second-order valence-electron chi connectivity index (χ2n) is 2.87. The Labute approximate surface area is 94.7 Å². The Morgan fingerprint density at radius 1 is 1.33 bits per heavy atom. The molecule has 0 aromatic heterocycles. The summed E-state index contributed by atoms with van der Waals surface area (Å²) in [7, 11) is 0. The molecule has 15 heavy (non-hydrogen) atoms. The summed E-state index contributed by atoms with van der Waals surface area (Å²) in [6, 6.07) is 0. The van der Waals surface area contributed by atoms with Gasteiger partial charge in [0.2, 0.25) is 0 Å². The van der Waals surface area contributed by atoms with Gasteiger partial charge in [-0.15, -0.1) is 6.58 Å². The van der Waals surface area contributed by atoms with Gasteiger partial charge in [-0.1, -0.05) is 19.4 Å². The van der Waals surface area contributed by atoms with Crippen LogP contribution in [0.15, 0.2) is 12.7 Å². The molecule has 92 valence electrons. The van der Waals surface area contributed by atoms with Crippen LogP contribution in [-0.2, 0) is 22.9 Å². The van der Waals surface area contributed by atoms with Crippen molar-refractivity contribution in [2.24, 2.45) is 0 Å². The first-order chi connectivity index (χ1) is 6.81. The van der Waals surface area contributed by atoms with E-state index in [4.69, 9.17) is 24.6 Å². The van der Waals surface area contributed by atoms with Crippen molar-refractivity contribution in [1.82, 2.24) is 0 Å². The van der Waals surface area contributed by atoms with Gasteiger partial charge in [-0.05, 0) is 6.42 Å². The van der Waals surface area contributed by atoms with E-state index in [0.29, 0.717) is 13.2 Å². The van der Waals surface area contributed by atoms with Crippen LogP contribution in [0.3, 0.4) is 0 Å². The zero-order valence-corrected chi connectivity index (χ0v) is 10.4. The molecule has 0 aliphatic rings. The van der Waals surface area contributed by atoms with Crippen LogP contribution in [0, 0.1) is 0 Å². The van der Waals surface area contributed by atoms with Crippen molar-refractivity contribution in [3.05, 3.63) is 12.7 Å². The van der Waals surface area contributed by atoms with E-state index in [1.807, 2.05) is 6.92 Å². The molecule has 0 saturated carbocycles. The molecule has 0 aromatic rings. The molecule has 0 heterocycles. The van der Waals surface area contributed by atoms with Gasteiger partial charge < -0.3 is 9.84 Å². The van der Waals surface area contributed by atoms with Crippen molar-refractivity contribution in [2.45, 2.75) is 25.9 Å². The summed E-state index contributed by atoms with van der Waals surface area (Å²) in [6.07, 6.45) is 3.19. The Morgan fingerprint density at radius 2 is 1.80 bits per heavy atom. The quantitative estimate of drug-likeness (QED) is 0.241. The van der Waals surface area contributed by atoms with Gasteiger partial charge in [0.05, 0.1) is 19.3 Å². The Balaban J connectivity index is 0. The van der Waals surface area contributed by atoms with Crippen LogP contribution in [0.4, 0.5) is 0 Å². The van der Waals surface area contributed by atoms with Crippen molar-refractivity contribution >= 4 is 0 Å². The minimum absolute atomic E-state index is 0.301. The molecule has 0 radical (unpaired) electrons. The first-order valence-corrected chi connectivity index (χ1v) is 7.36. The summed E-state index contributed by atoms with van der Waals surface area (Å²) in [5, 5.41) is 9.12. The van der Waals surface area contributed by atoms with Gasteiger partial charge in [0, 0.05) is 0 Å². The molecule has 0 rings (SSSR count). The Hall–Kier alpha value is 0.214. The van der Waals surface area contributed by atoms with Crippen LogP contribution in [0.1, 0.15) is 19.8 Å². The molecule has 0 amide bonds. The summed E-state index contributed by atoms with van der Waals surface area (Å²) in [4.78, 5) is 0. The Kier molecular flexibility index (Phi) is 12.6. The monoisotopic (exact) mass is 260 g/mol. The van der Waals surface area contributed by atoms with Crippen molar-refractivity contribution in [2.75, 3.05) is 13.2 Å². The molecule has 0 bridgehead atoms. The second kappa shape index (κ2) is 10.7. The Bertz CT molecular complexity index is 141. The van der Waals surface area contributed by atoms with Gasteiger partial charge in [-0.2, -0.15) is 0 Å². The van der Waals surface area contributed by atoms with E-state index in [2.05, 4.69) is 6.58 Å². The zero-order valence-electron chi connectivity index (χ0n) is 8.83. The topological polar surface area (TPSA) is 110 Å². The fourth-order valence-corrected chi connectivity index (χ4v) is 0.704. The van der Waals surface area contributed by atoms with E-state index in [1.54, 1.807) is 6.08 Å². The van der Waals surface area contributed by atoms with Crippen LogP contribution in [0.25, 0.3) is 0 Å². The van der Waals surface area contributed by atoms with Crippen LogP contribution in [0.5, 0.6) is 0 Å². The van der Waals surface area contributed by atoms with Crippen molar-refractivity contribution < 1.29 is 42.7 Å². The van der Waals surface area contributed by atoms with Gasteiger partial charge in [0.1, 0.15) is 0 Å². The molecule has 0 aliphatic heterocycles. The van der Waals surface area contributed by atoms with Gasteiger partial charge in [-0.3, -0.25) is 0 Å². The fraction of sp³-hybridized carbons (Fsp3) is 0.750. The van der Waals surface area contributed by atoms with Crippen molar-refractivity contribution in [1.29, 1.82) is 0 Å². The molecule has 1 atom stereocenters. The summed E-state index contributed by atoms with van der Waals surface area (Å²) in [6.45, 7) is 6.49. The number of aliphatic hydroxyl groups is 1. The predicted molar refractivity (Wildman–Crippen MR) is 50.8 cm³/mol. The summed E-state index contributed by atoms with van der Waals surface area (Å²) in [5.74, 6) is 0. The molecule has 0 spiro atoms. The number of rotatable bonds is 6. The second-order valence-corrected chi connectivity index (χ2v) is 4.74. The third-order valence-electron chi connectivity index (χ3n) is 1.17.